The Labute approximate surface area is 52.5 Å². The zero-order chi connectivity index (χ0) is 6.08. The quantitative estimate of drug-likeness (QED) is 0.397. The van der Waals surface area contributed by atoms with Gasteiger partial charge in [-0.05, 0) is 0 Å². The molecule has 0 atom stereocenters. The molecule has 0 fully saturated rings. The molecule has 0 aliphatic rings. The normalized spacial score (nSPS) is 11.2. The molecule has 0 amide bonds. The van der Waals surface area contributed by atoms with E-state index in [0.717, 1.165) is 0 Å². The summed E-state index contributed by atoms with van der Waals surface area (Å²) < 4.78 is 52.1. The number of hydrogen-bond acceptors (Lipinski definition) is 0. The molecular formula is C2HCuF5. The van der Waals surface area contributed by atoms with Gasteiger partial charge in [0.2, 0.25) is 0 Å². The maximum atomic E-state index is 10.4. The van der Waals surface area contributed by atoms with Crippen LogP contribution in [-0.4, -0.2) is 12.6 Å². The van der Waals surface area contributed by atoms with Gasteiger partial charge in [-0.2, -0.15) is 13.2 Å². The minimum absolute atomic E-state index is 0. The van der Waals surface area contributed by atoms with E-state index in [1.54, 1.807) is 0 Å². The fourth-order valence-corrected chi connectivity index (χ4v) is 0. The van der Waals surface area contributed by atoms with E-state index in [0.29, 0.717) is 0 Å². The first-order valence-electron chi connectivity index (χ1n) is 1.29. The largest absolute Gasteiger partial charge is 0.450 e. The summed E-state index contributed by atoms with van der Waals surface area (Å²) in [5.74, 6) is 0. The van der Waals surface area contributed by atoms with Gasteiger partial charge in [-0.25, -0.2) is 8.78 Å². The molecule has 0 spiro atoms. The molecular weight excluding hydrogens is 183 g/mol. The van der Waals surface area contributed by atoms with Crippen LogP contribution in [0.5, 0.6) is 0 Å². The van der Waals surface area contributed by atoms with Crippen molar-refractivity contribution in [3.63, 3.8) is 0 Å². The third-order valence-electron chi connectivity index (χ3n) is 0.247. The molecule has 1 radical (unpaired) electrons. The SMILES string of the molecule is FC(F)C(F)(F)F.[Cu]. The van der Waals surface area contributed by atoms with Crippen molar-refractivity contribution in [2.24, 2.45) is 0 Å². The van der Waals surface area contributed by atoms with Crippen molar-refractivity contribution in [1.82, 2.24) is 0 Å². The molecule has 0 bridgehead atoms. The Kier molecular flexibility index (Phi) is 4.48. The number of alkyl halides is 5. The summed E-state index contributed by atoms with van der Waals surface area (Å²) >= 11 is 0. The number of halogens is 5. The average Bonchev–Trinajstić information content (AvgIpc) is 1.31. The van der Waals surface area contributed by atoms with Crippen LogP contribution in [0.2, 0.25) is 0 Å². The van der Waals surface area contributed by atoms with E-state index in [1.165, 1.54) is 0 Å². The van der Waals surface area contributed by atoms with Crippen LogP contribution in [0.4, 0.5) is 22.0 Å². The maximum Gasteiger partial charge on any atom is 0.450 e. The fraction of sp³-hybridized carbons (Fsp3) is 1.00. The molecule has 0 aromatic carbocycles. The Hall–Kier alpha value is 0.169. The van der Waals surface area contributed by atoms with Gasteiger partial charge in [0.15, 0.2) is 0 Å². The molecule has 0 aromatic heterocycles. The number of hydrogen-bond donors (Lipinski definition) is 0. The van der Waals surface area contributed by atoms with Crippen molar-refractivity contribution in [3.8, 4) is 0 Å². The van der Waals surface area contributed by atoms with E-state index in [4.69, 9.17) is 0 Å². The van der Waals surface area contributed by atoms with Crippen LogP contribution in [0, 0.1) is 0 Å². The van der Waals surface area contributed by atoms with Gasteiger partial charge < -0.3 is 0 Å². The minimum atomic E-state index is -5.33. The summed E-state index contributed by atoms with van der Waals surface area (Å²) in [5, 5.41) is 0. The van der Waals surface area contributed by atoms with Gasteiger partial charge in [-0.15, -0.1) is 0 Å². The molecule has 0 aliphatic heterocycles. The second kappa shape index (κ2) is 3.25. The predicted octanol–water partition coefficient (Wildman–Crippen LogP) is 1.81. The minimum Gasteiger partial charge on any atom is -0.200 e. The molecule has 0 saturated carbocycles. The van der Waals surface area contributed by atoms with Crippen LogP contribution in [0.25, 0.3) is 0 Å². The topological polar surface area (TPSA) is 0 Å². The summed E-state index contributed by atoms with van der Waals surface area (Å²) in [5.41, 5.74) is 0. The van der Waals surface area contributed by atoms with Crippen molar-refractivity contribution < 1.29 is 39.0 Å². The van der Waals surface area contributed by atoms with E-state index in [2.05, 4.69) is 0 Å². The third-order valence-corrected chi connectivity index (χ3v) is 0.247. The summed E-state index contributed by atoms with van der Waals surface area (Å²) in [6.45, 7) is 0. The molecule has 0 aromatic rings. The first-order valence-corrected chi connectivity index (χ1v) is 1.29. The Morgan fingerprint density at radius 3 is 1.12 bits per heavy atom. The zero-order valence-corrected chi connectivity index (χ0v) is 4.21. The Morgan fingerprint density at radius 2 is 1.12 bits per heavy atom. The second-order valence-corrected chi connectivity index (χ2v) is 0.842. The van der Waals surface area contributed by atoms with Crippen LogP contribution in [0.3, 0.4) is 0 Å². The summed E-state index contributed by atoms with van der Waals surface area (Å²) in [4.78, 5) is 0. The third kappa shape index (κ3) is 4.33. The second-order valence-electron chi connectivity index (χ2n) is 0.842. The van der Waals surface area contributed by atoms with Gasteiger partial charge in [0.1, 0.15) is 0 Å². The Morgan fingerprint density at radius 1 is 1.00 bits per heavy atom. The van der Waals surface area contributed by atoms with E-state index in [9.17, 15) is 22.0 Å². The molecule has 0 rings (SSSR count). The standard InChI is InChI=1S/C2HF5.Cu/c3-1(4)2(5,6)7;/h1H;. The summed E-state index contributed by atoms with van der Waals surface area (Å²) in [7, 11) is 0. The van der Waals surface area contributed by atoms with Crippen LogP contribution in [0.1, 0.15) is 0 Å². The van der Waals surface area contributed by atoms with E-state index in [-0.39, 0.29) is 17.1 Å². The monoisotopic (exact) mass is 183 g/mol. The molecule has 0 N–H and O–H groups in total. The van der Waals surface area contributed by atoms with Crippen LogP contribution >= 0.6 is 0 Å². The molecule has 0 nitrogen and oxygen atoms in total. The van der Waals surface area contributed by atoms with Crippen molar-refractivity contribution in [1.29, 1.82) is 0 Å². The Balaban J connectivity index is 0. The van der Waals surface area contributed by atoms with Gasteiger partial charge in [-0.3, -0.25) is 0 Å². The molecule has 0 aliphatic carbocycles. The van der Waals surface area contributed by atoms with Gasteiger partial charge in [-0.1, -0.05) is 0 Å². The Bertz CT molecular complexity index is 55.9. The van der Waals surface area contributed by atoms with Gasteiger partial charge in [0.05, 0.1) is 0 Å². The molecule has 0 saturated heterocycles. The number of rotatable bonds is 0. The van der Waals surface area contributed by atoms with Gasteiger partial charge in [0.25, 0.3) is 0 Å². The first kappa shape index (κ1) is 11.0. The molecule has 6 heteroatoms. The van der Waals surface area contributed by atoms with Crippen LogP contribution in [-0.2, 0) is 17.1 Å². The molecule has 0 heterocycles. The molecule has 8 heavy (non-hydrogen) atoms. The van der Waals surface area contributed by atoms with Crippen molar-refractivity contribution in [2.45, 2.75) is 12.6 Å². The fourth-order valence-electron chi connectivity index (χ4n) is 0. The van der Waals surface area contributed by atoms with Crippen LogP contribution in [0.15, 0.2) is 0 Å². The van der Waals surface area contributed by atoms with E-state index >= 15 is 0 Å². The average molecular weight is 184 g/mol. The van der Waals surface area contributed by atoms with Crippen molar-refractivity contribution in [3.05, 3.63) is 0 Å². The van der Waals surface area contributed by atoms with Crippen LogP contribution < -0.4 is 0 Å². The predicted molar refractivity (Wildman–Crippen MR) is 12.1 cm³/mol. The van der Waals surface area contributed by atoms with Gasteiger partial charge in [0, 0.05) is 17.1 Å². The van der Waals surface area contributed by atoms with E-state index < -0.39 is 12.6 Å². The summed E-state index contributed by atoms with van der Waals surface area (Å²) in [6.07, 6.45) is -9.53. The molecule has 0 unspecified atom stereocenters. The zero-order valence-electron chi connectivity index (χ0n) is 3.27. The molecule has 55 valence electrons. The summed E-state index contributed by atoms with van der Waals surface area (Å²) in [6, 6.07) is 0. The smallest absolute Gasteiger partial charge is 0.200 e. The van der Waals surface area contributed by atoms with Crippen molar-refractivity contribution in [2.75, 3.05) is 0 Å². The van der Waals surface area contributed by atoms with Crippen molar-refractivity contribution >= 4 is 0 Å². The maximum absolute atomic E-state index is 10.4. The first-order chi connectivity index (χ1) is 2.94. The van der Waals surface area contributed by atoms with E-state index in [1.807, 2.05) is 0 Å². The van der Waals surface area contributed by atoms with Gasteiger partial charge >= 0.3 is 12.6 Å².